The Labute approximate surface area is 232 Å². The van der Waals surface area contributed by atoms with Gasteiger partial charge in [-0.25, -0.2) is 32.5 Å². The first kappa shape index (κ1) is 28.6. The lowest BCUT2D eigenvalue weighted by Crippen LogP contribution is -2.55. The van der Waals surface area contributed by atoms with E-state index < -0.39 is 36.1 Å². The van der Waals surface area contributed by atoms with Crippen LogP contribution in [0.5, 0.6) is 0 Å². The van der Waals surface area contributed by atoms with Crippen LogP contribution in [0.25, 0.3) is 22.4 Å². The fourth-order valence-corrected chi connectivity index (χ4v) is 5.18. The molecular weight excluding hydrogens is 544 g/mol. The molecule has 4 aromatic rings. The van der Waals surface area contributed by atoms with Crippen LogP contribution in [0, 0.1) is 11.6 Å². The van der Waals surface area contributed by atoms with Crippen molar-refractivity contribution in [2.75, 3.05) is 36.5 Å². The van der Waals surface area contributed by atoms with E-state index in [0.29, 0.717) is 58.9 Å². The summed E-state index contributed by atoms with van der Waals surface area (Å²) < 4.78 is 56.0. The molecule has 0 unspecified atom stereocenters. The standard InChI is InChI=1S/C27H30F4N8O2/c28-19-3-2-16(6-20(19)29)21-7-17(22(9-33-21)38-5-1-4-27(32,13-38)8-23(30)31)10-39-15-36-24-25(34-14-35-26(24)39)37-18(11-40)12-41/h2-3,6-7,9,14-15,18,23,40-41H,1,4-5,8,10-13,32H2,(H,34,35,37)/t27-/m0/s1. The summed E-state index contributed by atoms with van der Waals surface area (Å²) >= 11 is 0. The summed E-state index contributed by atoms with van der Waals surface area (Å²) in [6.07, 6.45) is 2.58. The van der Waals surface area contributed by atoms with Crippen LogP contribution in [0.3, 0.4) is 0 Å². The van der Waals surface area contributed by atoms with Gasteiger partial charge in [0.15, 0.2) is 23.1 Å². The molecule has 1 fully saturated rings. The fourth-order valence-electron chi connectivity index (χ4n) is 5.18. The molecule has 0 bridgehead atoms. The third-order valence-corrected chi connectivity index (χ3v) is 7.21. The third-order valence-electron chi connectivity index (χ3n) is 7.21. The first-order valence-electron chi connectivity index (χ1n) is 13.1. The minimum atomic E-state index is -2.54. The Bertz CT molecular complexity index is 1520. The number of hydrogen-bond acceptors (Lipinski definition) is 9. The van der Waals surface area contributed by atoms with Crippen LogP contribution in [0.2, 0.25) is 0 Å². The lowest BCUT2D eigenvalue weighted by atomic mass is 9.86. The molecule has 1 aliphatic heterocycles. The molecule has 0 spiro atoms. The van der Waals surface area contributed by atoms with E-state index in [-0.39, 0.29) is 26.3 Å². The topological polar surface area (TPSA) is 138 Å². The number of rotatable bonds is 10. The fraction of sp³-hybridized carbons (Fsp3) is 0.407. The number of aliphatic hydroxyl groups excluding tert-OH is 2. The molecule has 4 heterocycles. The first-order valence-corrected chi connectivity index (χ1v) is 13.1. The maximum Gasteiger partial charge on any atom is 0.240 e. The average Bonchev–Trinajstić information content (AvgIpc) is 3.36. The number of nitrogens with two attached hydrogens (primary N) is 1. The molecule has 14 heteroatoms. The van der Waals surface area contributed by atoms with Crippen LogP contribution in [0.1, 0.15) is 24.8 Å². The number of anilines is 2. The number of aliphatic hydroxyl groups is 2. The van der Waals surface area contributed by atoms with Crippen molar-refractivity contribution >= 4 is 22.7 Å². The van der Waals surface area contributed by atoms with Crippen LogP contribution < -0.4 is 16.0 Å². The Morgan fingerprint density at radius 3 is 2.59 bits per heavy atom. The van der Waals surface area contributed by atoms with E-state index >= 15 is 0 Å². The minimum absolute atomic E-state index is 0.196. The van der Waals surface area contributed by atoms with Crippen molar-refractivity contribution in [3.05, 3.63) is 60.3 Å². The van der Waals surface area contributed by atoms with Gasteiger partial charge in [-0.3, -0.25) is 4.98 Å². The summed E-state index contributed by atoms with van der Waals surface area (Å²) in [6.45, 7) is 0.348. The third kappa shape index (κ3) is 6.24. The Morgan fingerprint density at radius 1 is 1.05 bits per heavy atom. The SMILES string of the molecule is N[C@]1(CC(F)F)CCCN(c2cnc(-c3ccc(F)c(F)c3)cc2Cn2cnc3c(NC(CO)CO)ncnc32)C1. The summed E-state index contributed by atoms with van der Waals surface area (Å²) in [4.78, 5) is 19.4. The van der Waals surface area contributed by atoms with Crippen LogP contribution in [0.15, 0.2) is 43.1 Å². The van der Waals surface area contributed by atoms with E-state index in [9.17, 15) is 27.8 Å². The second-order valence-corrected chi connectivity index (χ2v) is 10.3. The quantitative estimate of drug-likeness (QED) is 0.211. The molecule has 10 nitrogen and oxygen atoms in total. The van der Waals surface area contributed by atoms with Gasteiger partial charge >= 0.3 is 0 Å². The van der Waals surface area contributed by atoms with Gasteiger partial charge < -0.3 is 30.7 Å². The molecular formula is C27H30F4N8O2. The molecule has 3 aromatic heterocycles. The van der Waals surface area contributed by atoms with Crippen molar-refractivity contribution in [3.8, 4) is 11.3 Å². The molecule has 1 aromatic carbocycles. The Balaban J connectivity index is 1.54. The zero-order valence-electron chi connectivity index (χ0n) is 22.0. The largest absolute Gasteiger partial charge is 0.394 e. The van der Waals surface area contributed by atoms with E-state index in [1.165, 1.54) is 12.4 Å². The Morgan fingerprint density at radius 2 is 1.85 bits per heavy atom. The molecule has 5 rings (SSSR count). The molecule has 1 saturated heterocycles. The highest BCUT2D eigenvalue weighted by molar-refractivity contribution is 5.83. The smallest absolute Gasteiger partial charge is 0.240 e. The zero-order valence-corrected chi connectivity index (χ0v) is 22.0. The van der Waals surface area contributed by atoms with Gasteiger partial charge in [-0.15, -0.1) is 0 Å². The molecule has 0 saturated carbocycles. The van der Waals surface area contributed by atoms with Crippen LogP contribution >= 0.6 is 0 Å². The number of nitrogens with zero attached hydrogens (tertiary/aromatic N) is 6. The Hall–Kier alpha value is -3.88. The molecule has 41 heavy (non-hydrogen) atoms. The van der Waals surface area contributed by atoms with Gasteiger partial charge in [0, 0.05) is 30.6 Å². The van der Waals surface area contributed by atoms with Crippen molar-refractivity contribution in [1.29, 1.82) is 0 Å². The summed E-state index contributed by atoms with van der Waals surface area (Å²) in [5.74, 6) is -1.65. The summed E-state index contributed by atoms with van der Waals surface area (Å²) in [5.41, 5.74) is 8.30. The molecule has 0 radical (unpaired) electrons. The average molecular weight is 575 g/mol. The van der Waals surface area contributed by atoms with Crippen LogP contribution in [-0.4, -0.2) is 79.0 Å². The second-order valence-electron chi connectivity index (χ2n) is 10.3. The predicted molar refractivity (Wildman–Crippen MR) is 145 cm³/mol. The maximum absolute atomic E-state index is 14.0. The van der Waals surface area contributed by atoms with Crippen molar-refractivity contribution in [2.24, 2.45) is 5.73 Å². The molecule has 0 amide bonds. The zero-order chi connectivity index (χ0) is 29.1. The minimum Gasteiger partial charge on any atom is -0.394 e. The second kappa shape index (κ2) is 11.9. The van der Waals surface area contributed by atoms with E-state index in [1.807, 2.05) is 4.90 Å². The van der Waals surface area contributed by atoms with E-state index in [4.69, 9.17) is 5.73 Å². The van der Waals surface area contributed by atoms with Crippen molar-refractivity contribution in [3.63, 3.8) is 0 Å². The molecule has 1 atom stereocenters. The lowest BCUT2D eigenvalue weighted by molar-refractivity contribution is 0.0983. The lowest BCUT2D eigenvalue weighted by Gasteiger charge is -2.42. The van der Waals surface area contributed by atoms with Gasteiger partial charge in [0.05, 0.1) is 49.7 Å². The van der Waals surface area contributed by atoms with E-state index in [1.54, 1.807) is 23.2 Å². The number of fused-ring (bicyclic) bond motifs is 1. The highest BCUT2D eigenvalue weighted by atomic mass is 19.3. The van der Waals surface area contributed by atoms with Gasteiger partial charge in [0.1, 0.15) is 11.8 Å². The van der Waals surface area contributed by atoms with Gasteiger partial charge in [-0.2, -0.15) is 0 Å². The first-order chi connectivity index (χ1) is 19.7. The van der Waals surface area contributed by atoms with Crippen LogP contribution in [0.4, 0.5) is 29.1 Å². The summed E-state index contributed by atoms with van der Waals surface area (Å²) in [7, 11) is 0. The number of pyridine rings is 1. The number of imidazole rings is 1. The summed E-state index contributed by atoms with van der Waals surface area (Å²) in [6, 6.07) is 4.61. The van der Waals surface area contributed by atoms with Crippen LogP contribution in [-0.2, 0) is 6.54 Å². The molecule has 218 valence electrons. The van der Waals surface area contributed by atoms with Crippen molar-refractivity contribution in [2.45, 2.75) is 43.8 Å². The number of piperidine rings is 1. The number of benzene rings is 1. The number of halogens is 4. The molecule has 5 N–H and O–H groups in total. The van der Waals surface area contributed by atoms with Crippen molar-refractivity contribution in [1.82, 2.24) is 24.5 Å². The molecule has 1 aliphatic rings. The Kier molecular flexibility index (Phi) is 8.33. The summed E-state index contributed by atoms with van der Waals surface area (Å²) in [5, 5.41) is 21.8. The van der Waals surface area contributed by atoms with Gasteiger partial charge in [-0.1, -0.05) is 0 Å². The van der Waals surface area contributed by atoms with E-state index in [2.05, 4.69) is 25.3 Å². The molecule has 0 aliphatic carbocycles. The monoisotopic (exact) mass is 574 g/mol. The van der Waals surface area contributed by atoms with Crippen molar-refractivity contribution < 1.29 is 27.8 Å². The highest BCUT2D eigenvalue weighted by Gasteiger charge is 2.35. The number of alkyl halides is 2. The number of nitrogens with one attached hydrogen (secondary N) is 1. The van der Waals surface area contributed by atoms with E-state index in [0.717, 1.165) is 12.1 Å². The van der Waals surface area contributed by atoms with Gasteiger partial charge in [0.25, 0.3) is 0 Å². The predicted octanol–water partition coefficient (Wildman–Crippen LogP) is 2.93. The number of hydrogen-bond donors (Lipinski definition) is 4. The highest BCUT2D eigenvalue weighted by Crippen LogP contribution is 2.33. The normalized spacial score (nSPS) is 17.6. The van der Waals surface area contributed by atoms with Gasteiger partial charge in [0.2, 0.25) is 6.43 Å². The number of aromatic nitrogens is 5. The maximum atomic E-state index is 14.0. The van der Waals surface area contributed by atoms with Gasteiger partial charge in [-0.05, 0) is 42.7 Å².